The highest BCUT2D eigenvalue weighted by atomic mass is 16.5. The van der Waals surface area contributed by atoms with Crippen LogP contribution in [0, 0.1) is 0 Å². The molecule has 120 valence electrons. The highest BCUT2D eigenvalue weighted by Gasteiger charge is 2.13. The Morgan fingerprint density at radius 2 is 1.67 bits per heavy atom. The third kappa shape index (κ3) is 5.96. The normalized spacial score (nSPS) is 13.8. The molecule has 2 unspecified atom stereocenters. The zero-order chi connectivity index (χ0) is 15.7. The second kappa shape index (κ2) is 9.67. The van der Waals surface area contributed by atoms with Gasteiger partial charge in [-0.1, -0.05) is 19.9 Å². The second-order valence-electron chi connectivity index (χ2n) is 5.56. The topological polar surface area (TPSA) is 30.5 Å². The maximum absolute atomic E-state index is 5.71. The highest BCUT2D eigenvalue weighted by molar-refractivity contribution is 5.44. The van der Waals surface area contributed by atoms with E-state index in [4.69, 9.17) is 9.47 Å². The first kappa shape index (κ1) is 17.8. The van der Waals surface area contributed by atoms with Crippen molar-refractivity contribution in [2.24, 2.45) is 0 Å². The minimum atomic E-state index is 0.499. The van der Waals surface area contributed by atoms with Crippen LogP contribution in [0.4, 0.5) is 0 Å². The van der Waals surface area contributed by atoms with Gasteiger partial charge in [0.1, 0.15) is 0 Å². The van der Waals surface area contributed by atoms with Crippen molar-refractivity contribution in [1.29, 1.82) is 0 Å². The number of hydrogen-bond acceptors (Lipinski definition) is 3. The van der Waals surface area contributed by atoms with Gasteiger partial charge in [0, 0.05) is 6.04 Å². The Bertz CT molecular complexity index is 406. The molecule has 0 spiro atoms. The Kier molecular flexibility index (Phi) is 8.21. The minimum Gasteiger partial charge on any atom is -0.490 e. The summed E-state index contributed by atoms with van der Waals surface area (Å²) in [5.74, 6) is 2.20. The number of nitrogens with one attached hydrogen (secondary N) is 1. The van der Waals surface area contributed by atoms with Gasteiger partial charge in [-0.15, -0.1) is 0 Å². The second-order valence-corrected chi connectivity index (χ2v) is 5.56. The van der Waals surface area contributed by atoms with E-state index in [0.717, 1.165) is 24.5 Å². The molecule has 21 heavy (non-hydrogen) atoms. The molecule has 3 nitrogen and oxygen atoms in total. The summed E-state index contributed by atoms with van der Waals surface area (Å²) in [6.45, 7) is 13.1. The van der Waals surface area contributed by atoms with Crippen molar-refractivity contribution in [2.45, 2.75) is 59.4 Å². The van der Waals surface area contributed by atoms with Crippen molar-refractivity contribution in [3.8, 4) is 11.5 Å². The van der Waals surface area contributed by atoms with Gasteiger partial charge >= 0.3 is 0 Å². The third-order valence-electron chi connectivity index (χ3n) is 3.59. The van der Waals surface area contributed by atoms with Gasteiger partial charge in [0.25, 0.3) is 0 Å². The maximum Gasteiger partial charge on any atom is 0.161 e. The van der Waals surface area contributed by atoms with Gasteiger partial charge in [0.15, 0.2) is 11.5 Å². The molecule has 0 radical (unpaired) electrons. The van der Waals surface area contributed by atoms with Crippen LogP contribution in [0.5, 0.6) is 11.5 Å². The molecule has 1 rings (SSSR count). The summed E-state index contributed by atoms with van der Waals surface area (Å²) in [5.41, 5.74) is 1.31. The lowest BCUT2D eigenvalue weighted by Crippen LogP contribution is -2.28. The van der Waals surface area contributed by atoms with Gasteiger partial charge in [-0.05, 0) is 63.8 Å². The van der Waals surface area contributed by atoms with E-state index in [2.05, 4.69) is 38.2 Å². The first-order valence-corrected chi connectivity index (χ1v) is 8.25. The average molecular weight is 293 g/mol. The molecule has 0 amide bonds. The maximum atomic E-state index is 5.71. The number of benzene rings is 1. The minimum absolute atomic E-state index is 0.499. The highest BCUT2D eigenvalue weighted by Crippen LogP contribution is 2.32. The molecule has 0 heterocycles. The molecule has 0 bridgehead atoms. The molecule has 1 aromatic rings. The summed E-state index contributed by atoms with van der Waals surface area (Å²) in [5, 5.41) is 3.55. The zero-order valence-electron chi connectivity index (χ0n) is 14.2. The van der Waals surface area contributed by atoms with Gasteiger partial charge in [-0.2, -0.15) is 0 Å². The quantitative estimate of drug-likeness (QED) is 0.695. The summed E-state index contributed by atoms with van der Waals surface area (Å²) < 4.78 is 11.3. The van der Waals surface area contributed by atoms with Gasteiger partial charge in [0.05, 0.1) is 13.2 Å². The van der Waals surface area contributed by atoms with Gasteiger partial charge < -0.3 is 14.8 Å². The van der Waals surface area contributed by atoms with Crippen LogP contribution in [-0.2, 0) is 0 Å². The van der Waals surface area contributed by atoms with Crippen LogP contribution in [0.2, 0.25) is 0 Å². The molecular weight excluding hydrogens is 262 g/mol. The van der Waals surface area contributed by atoms with Crippen LogP contribution in [0.3, 0.4) is 0 Å². The summed E-state index contributed by atoms with van der Waals surface area (Å²) in [6, 6.07) is 6.85. The number of hydrogen-bond donors (Lipinski definition) is 1. The predicted octanol–water partition coefficient (Wildman–Crippen LogP) is 4.37. The van der Waals surface area contributed by atoms with Crippen molar-refractivity contribution in [3.05, 3.63) is 23.8 Å². The fourth-order valence-electron chi connectivity index (χ4n) is 2.51. The lowest BCUT2D eigenvalue weighted by Gasteiger charge is -2.20. The molecule has 0 aliphatic carbocycles. The Balaban J connectivity index is 2.74. The largest absolute Gasteiger partial charge is 0.490 e. The van der Waals surface area contributed by atoms with E-state index in [0.29, 0.717) is 25.2 Å². The lowest BCUT2D eigenvalue weighted by molar-refractivity contribution is 0.287. The zero-order valence-corrected chi connectivity index (χ0v) is 14.2. The van der Waals surface area contributed by atoms with E-state index in [1.807, 2.05) is 19.9 Å². The van der Waals surface area contributed by atoms with Gasteiger partial charge in [0.2, 0.25) is 0 Å². The average Bonchev–Trinajstić information content (AvgIpc) is 2.47. The van der Waals surface area contributed by atoms with E-state index in [1.54, 1.807) is 0 Å². The molecule has 0 aromatic heterocycles. The van der Waals surface area contributed by atoms with E-state index in [9.17, 15) is 0 Å². The van der Waals surface area contributed by atoms with Crippen molar-refractivity contribution in [2.75, 3.05) is 19.8 Å². The monoisotopic (exact) mass is 293 g/mol. The molecule has 3 heteroatoms. The molecule has 2 atom stereocenters. The van der Waals surface area contributed by atoms with Crippen LogP contribution in [-0.4, -0.2) is 25.8 Å². The molecule has 0 saturated heterocycles. The summed E-state index contributed by atoms with van der Waals surface area (Å²) in [4.78, 5) is 0. The van der Waals surface area contributed by atoms with E-state index in [1.165, 1.54) is 12.0 Å². The standard InChI is InChI=1S/C18H31NO2/c1-6-11-19-15(5)12-14(4)16-9-10-17(20-7-2)18(13-16)21-8-3/h9-10,13-15,19H,6-8,11-12H2,1-5H3. The van der Waals surface area contributed by atoms with Crippen molar-refractivity contribution >= 4 is 0 Å². The first-order chi connectivity index (χ1) is 10.1. The smallest absolute Gasteiger partial charge is 0.161 e. The predicted molar refractivity (Wildman–Crippen MR) is 89.6 cm³/mol. The molecule has 0 aliphatic rings. The summed E-state index contributed by atoms with van der Waals surface area (Å²) in [6.07, 6.45) is 2.30. The molecule has 1 aromatic carbocycles. The molecule has 0 fully saturated rings. The van der Waals surface area contributed by atoms with E-state index < -0.39 is 0 Å². The van der Waals surface area contributed by atoms with Crippen LogP contribution < -0.4 is 14.8 Å². The first-order valence-electron chi connectivity index (χ1n) is 8.25. The van der Waals surface area contributed by atoms with Crippen LogP contribution >= 0.6 is 0 Å². The Hall–Kier alpha value is -1.22. The summed E-state index contributed by atoms with van der Waals surface area (Å²) >= 11 is 0. The van der Waals surface area contributed by atoms with Crippen LogP contribution in [0.15, 0.2) is 18.2 Å². The number of ether oxygens (including phenoxy) is 2. The summed E-state index contributed by atoms with van der Waals surface area (Å²) in [7, 11) is 0. The van der Waals surface area contributed by atoms with Crippen molar-refractivity contribution < 1.29 is 9.47 Å². The van der Waals surface area contributed by atoms with Crippen LogP contribution in [0.25, 0.3) is 0 Å². The SMILES string of the molecule is CCCNC(C)CC(C)c1ccc(OCC)c(OCC)c1. The van der Waals surface area contributed by atoms with Gasteiger partial charge in [-0.3, -0.25) is 0 Å². The van der Waals surface area contributed by atoms with Crippen LogP contribution in [0.1, 0.15) is 58.9 Å². The third-order valence-corrected chi connectivity index (χ3v) is 3.59. The Labute approximate surface area is 130 Å². The molecule has 0 aliphatic heterocycles. The number of rotatable bonds is 10. The molecule has 0 saturated carbocycles. The molecular formula is C18H31NO2. The lowest BCUT2D eigenvalue weighted by atomic mass is 9.94. The molecule has 1 N–H and O–H groups in total. The fourth-order valence-corrected chi connectivity index (χ4v) is 2.51. The van der Waals surface area contributed by atoms with Gasteiger partial charge in [-0.25, -0.2) is 0 Å². The van der Waals surface area contributed by atoms with Crippen molar-refractivity contribution in [3.63, 3.8) is 0 Å². The fraction of sp³-hybridized carbons (Fsp3) is 0.667. The van der Waals surface area contributed by atoms with E-state index in [-0.39, 0.29) is 0 Å². The van der Waals surface area contributed by atoms with E-state index >= 15 is 0 Å². The van der Waals surface area contributed by atoms with Crippen molar-refractivity contribution in [1.82, 2.24) is 5.32 Å². The Morgan fingerprint density at radius 3 is 2.29 bits per heavy atom. The Morgan fingerprint density at radius 1 is 1.00 bits per heavy atom.